The molecule has 2 rings (SSSR count). The second kappa shape index (κ2) is 6.09. The second-order valence-corrected chi connectivity index (χ2v) is 5.57. The number of nitrogens with one attached hydrogen (secondary N) is 1. The smallest absolute Gasteiger partial charge is 0.255 e. The van der Waals surface area contributed by atoms with Crippen molar-refractivity contribution in [3.05, 3.63) is 29.3 Å². The van der Waals surface area contributed by atoms with Gasteiger partial charge in [0.1, 0.15) is 5.75 Å². The molecule has 1 saturated carbocycles. The first-order valence-electron chi connectivity index (χ1n) is 7.21. The topological polar surface area (TPSA) is 49.3 Å². The summed E-state index contributed by atoms with van der Waals surface area (Å²) in [5.41, 5.74) is 1.12. The number of phenols is 1. The lowest BCUT2D eigenvalue weighted by atomic mass is 9.84. The van der Waals surface area contributed by atoms with Crippen molar-refractivity contribution >= 4 is 5.91 Å². The molecule has 0 aromatic heterocycles. The summed E-state index contributed by atoms with van der Waals surface area (Å²) in [4.78, 5) is 12.2. The van der Waals surface area contributed by atoms with E-state index < -0.39 is 0 Å². The molecular formula is C16H23NO2. The lowest BCUT2D eigenvalue weighted by Gasteiger charge is -2.28. The molecule has 3 nitrogen and oxygen atoms in total. The molecular weight excluding hydrogens is 238 g/mol. The van der Waals surface area contributed by atoms with Crippen LogP contribution in [0.5, 0.6) is 5.75 Å². The Hall–Kier alpha value is -1.51. The number of aromatic hydroxyl groups is 1. The van der Waals surface area contributed by atoms with Gasteiger partial charge >= 0.3 is 0 Å². The van der Waals surface area contributed by atoms with Crippen LogP contribution in [0.1, 0.15) is 54.9 Å². The van der Waals surface area contributed by atoms with Crippen molar-refractivity contribution in [3.63, 3.8) is 0 Å². The summed E-state index contributed by atoms with van der Waals surface area (Å²) in [6, 6.07) is 5.54. The molecule has 1 amide bonds. The molecule has 19 heavy (non-hydrogen) atoms. The number of rotatable bonds is 3. The van der Waals surface area contributed by atoms with E-state index in [4.69, 9.17) is 0 Å². The molecule has 0 atom stereocenters. The second-order valence-electron chi connectivity index (χ2n) is 5.57. The average Bonchev–Trinajstić information content (AvgIpc) is 2.42. The molecule has 1 fully saturated rings. The monoisotopic (exact) mass is 261 g/mol. The fraction of sp³-hybridized carbons (Fsp3) is 0.562. The molecule has 0 unspecified atom stereocenters. The van der Waals surface area contributed by atoms with Gasteiger partial charge in [0.15, 0.2) is 0 Å². The van der Waals surface area contributed by atoms with Crippen LogP contribution >= 0.6 is 0 Å². The minimum Gasteiger partial charge on any atom is -0.507 e. The largest absolute Gasteiger partial charge is 0.507 e. The minimum atomic E-state index is -0.152. The molecule has 1 aliphatic rings. The maximum atomic E-state index is 12.2. The summed E-state index contributed by atoms with van der Waals surface area (Å²) in [5, 5.41) is 13.0. The Kier molecular flexibility index (Phi) is 4.46. The van der Waals surface area contributed by atoms with Crippen LogP contribution in [0.25, 0.3) is 0 Å². The van der Waals surface area contributed by atoms with Gasteiger partial charge in [-0.15, -0.1) is 0 Å². The number of para-hydroxylation sites is 1. The van der Waals surface area contributed by atoms with Gasteiger partial charge in [-0.25, -0.2) is 0 Å². The molecule has 1 aliphatic carbocycles. The lowest BCUT2D eigenvalue weighted by Crippen LogP contribution is -2.37. The van der Waals surface area contributed by atoms with Crippen molar-refractivity contribution in [1.29, 1.82) is 0 Å². The zero-order valence-corrected chi connectivity index (χ0v) is 11.8. The normalized spacial score (nSPS) is 23.1. The first kappa shape index (κ1) is 13.9. The molecule has 0 saturated heterocycles. The van der Waals surface area contributed by atoms with Crippen LogP contribution in [0, 0.1) is 12.8 Å². The summed E-state index contributed by atoms with van der Waals surface area (Å²) < 4.78 is 0. The number of hydrogen-bond acceptors (Lipinski definition) is 2. The molecule has 0 aliphatic heterocycles. The van der Waals surface area contributed by atoms with E-state index in [-0.39, 0.29) is 17.7 Å². The third kappa shape index (κ3) is 3.28. The molecule has 0 heterocycles. The predicted octanol–water partition coefficient (Wildman–Crippen LogP) is 3.40. The van der Waals surface area contributed by atoms with Crippen molar-refractivity contribution in [2.45, 2.75) is 52.0 Å². The number of hydrogen-bond donors (Lipinski definition) is 2. The number of aryl methyl sites for hydroxylation is 1. The summed E-state index contributed by atoms with van der Waals surface area (Å²) in [7, 11) is 0. The molecule has 0 bridgehead atoms. The third-order valence-electron chi connectivity index (χ3n) is 4.24. The van der Waals surface area contributed by atoms with Gasteiger partial charge in [0, 0.05) is 6.04 Å². The third-order valence-corrected chi connectivity index (χ3v) is 4.24. The van der Waals surface area contributed by atoms with E-state index in [0.29, 0.717) is 5.56 Å². The summed E-state index contributed by atoms with van der Waals surface area (Å²) in [5.74, 6) is 0.768. The minimum absolute atomic E-state index is 0.0993. The number of phenolic OH excluding ortho intramolecular Hbond substituents is 1. The molecule has 3 heteroatoms. The Bertz CT molecular complexity index is 448. The van der Waals surface area contributed by atoms with Crippen LogP contribution in [0.2, 0.25) is 0 Å². The van der Waals surface area contributed by atoms with E-state index in [9.17, 15) is 9.90 Å². The highest BCUT2D eigenvalue weighted by Gasteiger charge is 2.22. The number of carbonyl (C=O) groups is 1. The first-order valence-corrected chi connectivity index (χ1v) is 7.21. The van der Waals surface area contributed by atoms with Gasteiger partial charge in [-0.05, 0) is 50.2 Å². The van der Waals surface area contributed by atoms with Gasteiger partial charge in [-0.2, -0.15) is 0 Å². The van der Waals surface area contributed by atoms with Crippen LogP contribution in [0.4, 0.5) is 0 Å². The van der Waals surface area contributed by atoms with Crippen molar-refractivity contribution in [3.8, 4) is 5.75 Å². The van der Waals surface area contributed by atoms with Crippen molar-refractivity contribution in [2.75, 3.05) is 0 Å². The summed E-state index contributed by atoms with van der Waals surface area (Å²) in [6.45, 7) is 4.03. The zero-order valence-electron chi connectivity index (χ0n) is 11.8. The molecule has 1 aromatic carbocycles. The summed E-state index contributed by atoms with van der Waals surface area (Å²) in [6.07, 6.45) is 5.73. The highest BCUT2D eigenvalue weighted by Crippen LogP contribution is 2.27. The maximum Gasteiger partial charge on any atom is 0.255 e. The maximum absolute atomic E-state index is 12.2. The fourth-order valence-electron chi connectivity index (χ4n) is 2.82. The highest BCUT2D eigenvalue weighted by molar-refractivity contribution is 5.97. The molecule has 1 aromatic rings. The van der Waals surface area contributed by atoms with Crippen LogP contribution in [0.15, 0.2) is 18.2 Å². The van der Waals surface area contributed by atoms with Crippen LogP contribution in [-0.2, 0) is 0 Å². The van der Waals surface area contributed by atoms with Crippen LogP contribution < -0.4 is 5.32 Å². The zero-order chi connectivity index (χ0) is 13.8. The van der Waals surface area contributed by atoms with E-state index in [1.165, 1.54) is 19.3 Å². The van der Waals surface area contributed by atoms with Crippen molar-refractivity contribution in [1.82, 2.24) is 5.32 Å². The van der Waals surface area contributed by atoms with Gasteiger partial charge in [-0.3, -0.25) is 4.79 Å². The Balaban J connectivity index is 1.96. The Morgan fingerprint density at radius 2 is 2.00 bits per heavy atom. The highest BCUT2D eigenvalue weighted by atomic mass is 16.3. The van der Waals surface area contributed by atoms with Crippen LogP contribution in [0.3, 0.4) is 0 Å². The Morgan fingerprint density at radius 1 is 1.32 bits per heavy atom. The molecule has 104 valence electrons. The SMILES string of the molecule is CCC1CCC(NC(=O)c2cccc(C)c2O)CC1. The van der Waals surface area contributed by atoms with Gasteiger partial charge in [0.05, 0.1) is 5.56 Å². The molecule has 0 radical (unpaired) electrons. The van der Waals surface area contributed by atoms with Crippen molar-refractivity contribution in [2.24, 2.45) is 5.92 Å². The van der Waals surface area contributed by atoms with Gasteiger partial charge in [0.2, 0.25) is 0 Å². The van der Waals surface area contributed by atoms with Gasteiger partial charge in [-0.1, -0.05) is 25.5 Å². The number of amides is 1. The number of benzene rings is 1. The van der Waals surface area contributed by atoms with Crippen LogP contribution in [-0.4, -0.2) is 17.1 Å². The molecule has 2 N–H and O–H groups in total. The predicted molar refractivity (Wildman–Crippen MR) is 76.3 cm³/mol. The van der Waals surface area contributed by atoms with E-state index in [2.05, 4.69) is 12.2 Å². The average molecular weight is 261 g/mol. The fourth-order valence-corrected chi connectivity index (χ4v) is 2.82. The van der Waals surface area contributed by atoms with E-state index in [1.54, 1.807) is 25.1 Å². The van der Waals surface area contributed by atoms with Crippen molar-refractivity contribution < 1.29 is 9.90 Å². The van der Waals surface area contributed by atoms with Gasteiger partial charge < -0.3 is 10.4 Å². The van der Waals surface area contributed by atoms with Gasteiger partial charge in [0.25, 0.3) is 5.91 Å². The molecule has 0 spiro atoms. The lowest BCUT2D eigenvalue weighted by molar-refractivity contribution is 0.0919. The Labute approximate surface area is 115 Å². The quantitative estimate of drug-likeness (QED) is 0.876. The standard InChI is InChI=1S/C16H23NO2/c1-3-12-7-9-13(10-8-12)17-16(19)14-6-4-5-11(2)15(14)18/h4-6,12-13,18H,3,7-10H2,1-2H3,(H,17,19). The summed E-state index contributed by atoms with van der Waals surface area (Å²) >= 11 is 0. The van der Waals surface area contributed by atoms with E-state index in [1.807, 2.05) is 0 Å². The first-order chi connectivity index (χ1) is 9.11. The number of carbonyl (C=O) groups excluding carboxylic acids is 1. The van der Waals surface area contributed by atoms with E-state index in [0.717, 1.165) is 24.3 Å². The Morgan fingerprint density at radius 3 is 2.63 bits per heavy atom. The van der Waals surface area contributed by atoms with E-state index >= 15 is 0 Å².